The van der Waals surface area contributed by atoms with E-state index in [4.69, 9.17) is 5.84 Å². The van der Waals surface area contributed by atoms with Crippen molar-refractivity contribution in [1.29, 1.82) is 0 Å². The number of nitrogen functional groups attached to an aromatic ring is 1. The van der Waals surface area contributed by atoms with Gasteiger partial charge in [-0.25, -0.2) is 5.84 Å². The van der Waals surface area contributed by atoms with E-state index in [-0.39, 0.29) is 0 Å². The molecule has 0 spiro atoms. The molecule has 8 nitrogen and oxygen atoms in total. The van der Waals surface area contributed by atoms with E-state index in [1.165, 1.54) is 5.56 Å². The summed E-state index contributed by atoms with van der Waals surface area (Å²) < 4.78 is 0. The van der Waals surface area contributed by atoms with E-state index in [1.54, 1.807) is 12.4 Å². The summed E-state index contributed by atoms with van der Waals surface area (Å²) >= 11 is 0. The van der Waals surface area contributed by atoms with E-state index in [9.17, 15) is 0 Å². The molecule has 0 radical (unpaired) electrons. The highest BCUT2D eigenvalue weighted by Gasteiger charge is 2.09. The van der Waals surface area contributed by atoms with Crippen molar-refractivity contribution >= 4 is 22.8 Å². The summed E-state index contributed by atoms with van der Waals surface area (Å²) in [6.45, 7) is 2.65. The summed E-state index contributed by atoms with van der Waals surface area (Å²) in [4.78, 5) is 12.6. The van der Waals surface area contributed by atoms with Crippen LogP contribution in [-0.4, -0.2) is 25.1 Å². The molecule has 0 atom stereocenters. The first-order chi connectivity index (χ1) is 9.78. The lowest BCUT2D eigenvalue weighted by atomic mass is 10.1. The molecule has 3 aromatic heterocycles. The highest BCUT2D eigenvalue weighted by atomic mass is 15.3. The molecule has 0 aliphatic rings. The quantitative estimate of drug-likeness (QED) is 0.412. The first-order valence-electron chi connectivity index (χ1n) is 6.09. The molecule has 0 aromatic carbocycles. The van der Waals surface area contributed by atoms with Crippen LogP contribution >= 0.6 is 0 Å². The van der Waals surface area contributed by atoms with Crippen LogP contribution in [0.15, 0.2) is 24.7 Å². The van der Waals surface area contributed by atoms with Gasteiger partial charge in [0.15, 0.2) is 5.65 Å². The van der Waals surface area contributed by atoms with E-state index in [0.29, 0.717) is 24.0 Å². The van der Waals surface area contributed by atoms with Crippen LogP contribution in [0.5, 0.6) is 0 Å². The van der Waals surface area contributed by atoms with Gasteiger partial charge in [0.2, 0.25) is 5.95 Å². The number of H-pyrrole nitrogens is 1. The summed E-state index contributed by atoms with van der Waals surface area (Å²) in [5.41, 5.74) is 5.33. The standard InChI is InChI=1S/C12H14N8/c1-7-2-3-14-4-8(7)5-15-10-9-6-16-20-11(9)18-12(17-10)19-13/h2-4,6H,5,13H2,1H3,(H3,15,16,17,18,19,20). The zero-order chi connectivity index (χ0) is 13.9. The second-order valence-corrected chi connectivity index (χ2v) is 4.33. The number of aromatic nitrogens is 5. The van der Waals surface area contributed by atoms with Crippen LogP contribution in [0.1, 0.15) is 11.1 Å². The number of hydrazine groups is 1. The molecular formula is C12H14N8. The van der Waals surface area contributed by atoms with Gasteiger partial charge < -0.3 is 5.32 Å². The van der Waals surface area contributed by atoms with Gasteiger partial charge in [-0.2, -0.15) is 15.1 Å². The maximum Gasteiger partial charge on any atom is 0.241 e. The molecule has 0 amide bonds. The van der Waals surface area contributed by atoms with Gasteiger partial charge in [0, 0.05) is 18.9 Å². The highest BCUT2D eigenvalue weighted by Crippen LogP contribution is 2.20. The van der Waals surface area contributed by atoms with Crippen LogP contribution in [0.2, 0.25) is 0 Å². The maximum absolute atomic E-state index is 5.36. The topological polar surface area (TPSA) is 117 Å². The second kappa shape index (κ2) is 5.10. The molecule has 3 heterocycles. The predicted octanol–water partition coefficient (Wildman–Crippen LogP) is 0.954. The van der Waals surface area contributed by atoms with E-state index < -0.39 is 0 Å². The number of pyridine rings is 1. The van der Waals surface area contributed by atoms with E-state index in [2.05, 4.69) is 35.9 Å². The summed E-state index contributed by atoms with van der Waals surface area (Å²) in [6.07, 6.45) is 5.28. The van der Waals surface area contributed by atoms with Crippen molar-refractivity contribution in [2.24, 2.45) is 5.84 Å². The lowest BCUT2D eigenvalue weighted by Crippen LogP contribution is -2.12. The minimum atomic E-state index is 0.326. The maximum atomic E-state index is 5.36. The van der Waals surface area contributed by atoms with Crippen molar-refractivity contribution in [2.75, 3.05) is 10.7 Å². The normalized spacial score (nSPS) is 10.7. The third-order valence-corrected chi connectivity index (χ3v) is 3.03. The molecule has 0 saturated heterocycles. The van der Waals surface area contributed by atoms with Crippen molar-refractivity contribution in [2.45, 2.75) is 13.5 Å². The Hall–Kier alpha value is -2.74. The van der Waals surface area contributed by atoms with E-state index in [0.717, 1.165) is 10.9 Å². The Balaban J connectivity index is 1.90. The molecule has 5 N–H and O–H groups in total. The van der Waals surface area contributed by atoms with Crippen molar-refractivity contribution < 1.29 is 0 Å². The fourth-order valence-electron chi connectivity index (χ4n) is 1.89. The average Bonchev–Trinajstić information content (AvgIpc) is 2.94. The molecule has 0 saturated carbocycles. The zero-order valence-corrected chi connectivity index (χ0v) is 10.9. The smallest absolute Gasteiger partial charge is 0.241 e. The highest BCUT2D eigenvalue weighted by molar-refractivity contribution is 5.86. The summed E-state index contributed by atoms with van der Waals surface area (Å²) in [6, 6.07) is 1.97. The molecule has 8 heteroatoms. The third kappa shape index (κ3) is 2.24. The molecule has 102 valence electrons. The van der Waals surface area contributed by atoms with Crippen LogP contribution in [-0.2, 0) is 6.54 Å². The SMILES string of the molecule is Cc1ccncc1CNc1nc(NN)nc2[nH]ncc12. The van der Waals surface area contributed by atoms with Gasteiger partial charge in [-0.3, -0.25) is 15.5 Å². The molecule has 0 bridgehead atoms. The number of anilines is 2. The second-order valence-electron chi connectivity index (χ2n) is 4.33. The first kappa shape index (κ1) is 12.3. The molecule has 3 aromatic rings. The van der Waals surface area contributed by atoms with Gasteiger partial charge in [0.25, 0.3) is 0 Å². The number of nitrogens with zero attached hydrogens (tertiary/aromatic N) is 4. The minimum absolute atomic E-state index is 0.326. The number of aromatic amines is 1. The van der Waals surface area contributed by atoms with Gasteiger partial charge in [-0.05, 0) is 24.1 Å². The summed E-state index contributed by atoms with van der Waals surface area (Å²) in [5, 5.41) is 10.8. The van der Waals surface area contributed by atoms with Gasteiger partial charge in [-0.1, -0.05) is 0 Å². The number of nitrogens with one attached hydrogen (secondary N) is 3. The van der Waals surface area contributed by atoms with Crippen LogP contribution in [0.25, 0.3) is 11.0 Å². The van der Waals surface area contributed by atoms with Crippen molar-refractivity contribution in [3.05, 3.63) is 35.8 Å². The van der Waals surface area contributed by atoms with E-state index >= 15 is 0 Å². The lowest BCUT2D eigenvalue weighted by molar-refractivity contribution is 1.05. The zero-order valence-electron chi connectivity index (χ0n) is 10.9. The minimum Gasteiger partial charge on any atom is -0.365 e. The number of nitrogens with two attached hydrogens (primary N) is 1. The largest absolute Gasteiger partial charge is 0.365 e. The third-order valence-electron chi connectivity index (χ3n) is 3.03. The fourth-order valence-corrected chi connectivity index (χ4v) is 1.89. The van der Waals surface area contributed by atoms with Crippen LogP contribution < -0.4 is 16.6 Å². The summed E-state index contributed by atoms with van der Waals surface area (Å²) in [5.74, 6) is 6.36. The Morgan fingerprint density at radius 1 is 1.30 bits per heavy atom. The average molecular weight is 270 g/mol. The Bertz CT molecular complexity index is 735. The molecule has 0 fully saturated rings. The Morgan fingerprint density at radius 3 is 3.00 bits per heavy atom. The van der Waals surface area contributed by atoms with Gasteiger partial charge in [0.1, 0.15) is 5.82 Å². The summed E-state index contributed by atoms with van der Waals surface area (Å²) in [7, 11) is 0. The van der Waals surface area contributed by atoms with Crippen molar-refractivity contribution in [3.63, 3.8) is 0 Å². The molecular weight excluding hydrogens is 256 g/mol. The Labute approximate surface area is 114 Å². The number of hydrogen-bond donors (Lipinski definition) is 4. The van der Waals surface area contributed by atoms with Crippen LogP contribution in [0.3, 0.4) is 0 Å². The van der Waals surface area contributed by atoms with Crippen LogP contribution in [0.4, 0.5) is 11.8 Å². The lowest BCUT2D eigenvalue weighted by Gasteiger charge is -2.09. The van der Waals surface area contributed by atoms with Gasteiger partial charge in [0.05, 0.1) is 11.6 Å². The molecule has 20 heavy (non-hydrogen) atoms. The Kier molecular flexibility index (Phi) is 3.13. The molecule has 3 rings (SSSR count). The predicted molar refractivity (Wildman–Crippen MR) is 75.8 cm³/mol. The molecule has 0 aliphatic heterocycles. The monoisotopic (exact) mass is 270 g/mol. The first-order valence-corrected chi connectivity index (χ1v) is 6.09. The van der Waals surface area contributed by atoms with Gasteiger partial charge in [-0.15, -0.1) is 0 Å². The number of hydrogen-bond acceptors (Lipinski definition) is 7. The van der Waals surface area contributed by atoms with Crippen LogP contribution in [0, 0.1) is 6.92 Å². The number of fused-ring (bicyclic) bond motifs is 1. The number of aryl methyl sites for hydroxylation is 1. The van der Waals surface area contributed by atoms with E-state index in [1.807, 2.05) is 19.2 Å². The fraction of sp³-hybridized carbons (Fsp3) is 0.167. The number of rotatable bonds is 4. The molecule has 0 unspecified atom stereocenters. The van der Waals surface area contributed by atoms with Crippen molar-refractivity contribution in [1.82, 2.24) is 25.1 Å². The van der Waals surface area contributed by atoms with Gasteiger partial charge >= 0.3 is 0 Å². The Morgan fingerprint density at radius 2 is 2.20 bits per heavy atom. The van der Waals surface area contributed by atoms with Crippen molar-refractivity contribution in [3.8, 4) is 0 Å². The molecule has 0 aliphatic carbocycles.